The number of aromatic nitrogens is 1. The van der Waals surface area contributed by atoms with Gasteiger partial charge in [0.05, 0.1) is 22.8 Å². The molecule has 0 saturated heterocycles. The highest BCUT2D eigenvalue weighted by atomic mass is 35.5. The number of hydrogen-bond acceptors (Lipinski definition) is 5. The number of ether oxygens (including phenoxy) is 1. The molecule has 0 aliphatic heterocycles. The van der Waals surface area contributed by atoms with Crippen LogP contribution in [0.3, 0.4) is 0 Å². The fourth-order valence-corrected chi connectivity index (χ4v) is 3.25. The first kappa shape index (κ1) is 19.3. The highest BCUT2D eigenvalue weighted by Crippen LogP contribution is 2.35. The molecule has 140 valence electrons. The van der Waals surface area contributed by atoms with Crippen molar-refractivity contribution in [3.05, 3.63) is 58.2 Å². The van der Waals surface area contributed by atoms with Gasteiger partial charge in [0.25, 0.3) is 0 Å². The van der Waals surface area contributed by atoms with Gasteiger partial charge in [0, 0.05) is 42.1 Å². The van der Waals surface area contributed by atoms with E-state index in [2.05, 4.69) is 10.3 Å². The molecule has 5 nitrogen and oxygen atoms in total. The zero-order valence-corrected chi connectivity index (χ0v) is 16.7. The molecule has 0 saturated carbocycles. The maximum absolute atomic E-state index is 12.4. The Balaban J connectivity index is 2.14. The van der Waals surface area contributed by atoms with Crippen LogP contribution >= 0.6 is 23.2 Å². The summed E-state index contributed by atoms with van der Waals surface area (Å²) in [5.74, 6) is -0.463. The van der Waals surface area contributed by atoms with Gasteiger partial charge in [0.15, 0.2) is 0 Å². The van der Waals surface area contributed by atoms with Crippen LogP contribution in [0.1, 0.15) is 17.3 Å². The molecule has 3 rings (SSSR count). The largest absolute Gasteiger partial charge is 0.462 e. The van der Waals surface area contributed by atoms with Crippen LogP contribution in [0, 0.1) is 0 Å². The fraction of sp³-hybridized carbons (Fsp3) is 0.200. The summed E-state index contributed by atoms with van der Waals surface area (Å²) in [5.41, 5.74) is 3.31. The Bertz CT molecular complexity index is 989. The molecule has 0 bridgehead atoms. The molecular weight excluding hydrogens is 385 g/mol. The summed E-state index contributed by atoms with van der Waals surface area (Å²) >= 11 is 12.5. The Kier molecular flexibility index (Phi) is 5.73. The fourth-order valence-electron chi connectivity index (χ4n) is 2.71. The zero-order valence-electron chi connectivity index (χ0n) is 15.2. The van der Waals surface area contributed by atoms with E-state index in [1.54, 1.807) is 19.1 Å². The normalized spacial score (nSPS) is 10.7. The zero-order chi connectivity index (χ0) is 19.6. The minimum atomic E-state index is -0.463. The third-order valence-electron chi connectivity index (χ3n) is 4.04. The molecule has 0 atom stereocenters. The molecule has 0 unspecified atom stereocenters. The third-order valence-corrected chi connectivity index (χ3v) is 4.54. The van der Waals surface area contributed by atoms with E-state index in [9.17, 15) is 4.79 Å². The Morgan fingerprint density at radius 3 is 2.52 bits per heavy atom. The number of halogens is 2. The van der Waals surface area contributed by atoms with Crippen LogP contribution in [0.2, 0.25) is 10.0 Å². The lowest BCUT2D eigenvalue weighted by Crippen LogP contribution is -2.10. The van der Waals surface area contributed by atoms with Gasteiger partial charge in [-0.1, -0.05) is 23.2 Å². The van der Waals surface area contributed by atoms with E-state index in [0.717, 1.165) is 11.4 Å². The molecule has 0 spiro atoms. The molecule has 7 heteroatoms. The van der Waals surface area contributed by atoms with Crippen molar-refractivity contribution in [1.82, 2.24) is 4.98 Å². The molecule has 1 N–H and O–H groups in total. The Morgan fingerprint density at radius 1 is 1.19 bits per heavy atom. The molecule has 2 aromatic carbocycles. The number of fused-ring (bicyclic) bond motifs is 1. The van der Waals surface area contributed by atoms with E-state index in [1.165, 1.54) is 6.20 Å². The van der Waals surface area contributed by atoms with Crippen LogP contribution in [0.4, 0.5) is 17.1 Å². The van der Waals surface area contributed by atoms with E-state index in [-0.39, 0.29) is 6.61 Å². The number of hydrogen-bond donors (Lipinski definition) is 1. The second kappa shape index (κ2) is 8.03. The maximum atomic E-state index is 12.4. The number of anilines is 3. The highest BCUT2D eigenvalue weighted by molar-refractivity contribution is 6.38. The van der Waals surface area contributed by atoms with Crippen LogP contribution in [-0.4, -0.2) is 31.7 Å². The van der Waals surface area contributed by atoms with Gasteiger partial charge in [0.1, 0.15) is 5.56 Å². The topological polar surface area (TPSA) is 54.5 Å². The minimum Gasteiger partial charge on any atom is -0.462 e. The summed E-state index contributed by atoms with van der Waals surface area (Å²) in [6.07, 6.45) is 1.47. The van der Waals surface area contributed by atoms with Gasteiger partial charge in [-0.25, -0.2) is 4.79 Å². The summed E-state index contributed by atoms with van der Waals surface area (Å²) < 4.78 is 5.17. The van der Waals surface area contributed by atoms with Crippen molar-refractivity contribution >= 4 is 57.1 Å². The molecule has 0 fully saturated rings. The molecule has 0 radical (unpaired) electrons. The number of pyridine rings is 1. The molecule has 0 aliphatic rings. The van der Waals surface area contributed by atoms with Gasteiger partial charge >= 0.3 is 5.97 Å². The molecule has 0 aliphatic carbocycles. The van der Waals surface area contributed by atoms with Crippen LogP contribution in [0.25, 0.3) is 10.9 Å². The van der Waals surface area contributed by atoms with E-state index in [0.29, 0.717) is 32.2 Å². The van der Waals surface area contributed by atoms with Gasteiger partial charge in [-0.15, -0.1) is 0 Å². The summed E-state index contributed by atoms with van der Waals surface area (Å²) in [7, 11) is 3.95. The van der Waals surface area contributed by atoms with Gasteiger partial charge < -0.3 is 15.0 Å². The van der Waals surface area contributed by atoms with Crippen LogP contribution in [0.15, 0.2) is 42.6 Å². The minimum absolute atomic E-state index is 0.268. The Labute approximate surface area is 167 Å². The average Bonchev–Trinajstić information content (AvgIpc) is 2.62. The van der Waals surface area contributed by atoms with Crippen LogP contribution in [-0.2, 0) is 4.74 Å². The lowest BCUT2D eigenvalue weighted by atomic mass is 10.1. The highest BCUT2D eigenvalue weighted by Gasteiger charge is 2.18. The van der Waals surface area contributed by atoms with Crippen LogP contribution in [0.5, 0.6) is 0 Å². The van der Waals surface area contributed by atoms with E-state index in [1.807, 2.05) is 43.3 Å². The number of esters is 1. The molecule has 0 amide bonds. The lowest BCUT2D eigenvalue weighted by Gasteiger charge is -2.16. The second-order valence-corrected chi connectivity index (χ2v) is 6.96. The first-order valence-electron chi connectivity index (χ1n) is 8.40. The lowest BCUT2D eigenvalue weighted by molar-refractivity contribution is 0.0527. The number of carbonyl (C=O) groups is 1. The molecule has 1 aromatic heterocycles. The predicted molar refractivity (Wildman–Crippen MR) is 112 cm³/mol. The average molecular weight is 404 g/mol. The van der Waals surface area contributed by atoms with Crippen molar-refractivity contribution in [2.24, 2.45) is 0 Å². The number of carbonyl (C=O) groups excluding carboxylic acids is 1. The number of nitrogens with zero attached hydrogens (tertiary/aromatic N) is 2. The summed E-state index contributed by atoms with van der Waals surface area (Å²) in [6.45, 7) is 2.03. The second-order valence-electron chi connectivity index (χ2n) is 6.12. The molecular formula is C20H19Cl2N3O2. The van der Waals surface area contributed by atoms with Gasteiger partial charge in [-0.2, -0.15) is 0 Å². The Hall–Kier alpha value is -2.50. The Morgan fingerprint density at radius 2 is 1.89 bits per heavy atom. The van der Waals surface area contributed by atoms with E-state index >= 15 is 0 Å². The van der Waals surface area contributed by atoms with Crippen LogP contribution < -0.4 is 10.2 Å². The van der Waals surface area contributed by atoms with Gasteiger partial charge in [-0.3, -0.25) is 4.98 Å². The van der Waals surface area contributed by atoms with Crippen molar-refractivity contribution < 1.29 is 9.53 Å². The molecule has 3 aromatic rings. The third kappa shape index (κ3) is 4.10. The van der Waals surface area contributed by atoms with E-state index in [4.69, 9.17) is 27.9 Å². The van der Waals surface area contributed by atoms with Gasteiger partial charge in [0.2, 0.25) is 0 Å². The van der Waals surface area contributed by atoms with Crippen molar-refractivity contribution in [3.8, 4) is 0 Å². The number of benzene rings is 2. The molecule has 27 heavy (non-hydrogen) atoms. The van der Waals surface area contributed by atoms with Gasteiger partial charge in [-0.05, 0) is 43.3 Å². The van der Waals surface area contributed by atoms with Crippen molar-refractivity contribution in [2.75, 3.05) is 30.9 Å². The molecule has 1 heterocycles. The van der Waals surface area contributed by atoms with Crippen molar-refractivity contribution in [1.29, 1.82) is 0 Å². The first-order valence-corrected chi connectivity index (χ1v) is 9.15. The summed E-state index contributed by atoms with van der Waals surface area (Å²) in [6, 6.07) is 11.2. The first-order chi connectivity index (χ1) is 12.9. The monoisotopic (exact) mass is 403 g/mol. The van der Waals surface area contributed by atoms with Crippen molar-refractivity contribution in [2.45, 2.75) is 6.92 Å². The summed E-state index contributed by atoms with van der Waals surface area (Å²) in [5, 5.41) is 4.82. The summed E-state index contributed by atoms with van der Waals surface area (Å²) in [4.78, 5) is 18.8. The predicted octanol–water partition coefficient (Wildman–Crippen LogP) is 5.53. The van der Waals surface area contributed by atoms with E-state index < -0.39 is 5.97 Å². The SMILES string of the molecule is CCOC(=O)c1cnc2c(Cl)cc(Cl)cc2c1Nc1ccc(N(C)C)cc1. The van der Waals surface area contributed by atoms with Crippen molar-refractivity contribution in [3.63, 3.8) is 0 Å². The maximum Gasteiger partial charge on any atom is 0.341 e. The standard InChI is InChI=1S/C20H19Cl2N3O2/c1-4-27-20(26)16-11-23-19-15(9-12(21)10-17(19)22)18(16)24-13-5-7-14(8-6-13)25(2)3/h5-11H,4H2,1-3H3,(H,23,24). The number of rotatable bonds is 5. The smallest absolute Gasteiger partial charge is 0.341 e. The number of nitrogens with one attached hydrogen (secondary N) is 1. The quantitative estimate of drug-likeness (QED) is 0.567.